The number of aromatic nitrogens is 2. The molecule has 1 aromatic heterocycles. The maximum Gasteiger partial charge on any atom is 0.360 e. The highest BCUT2D eigenvalue weighted by molar-refractivity contribution is 5.92. The van der Waals surface area contributed by atoms with Gasteiger partial charge in [0.2, 0.25) is 0 Å². The van der Waals surface area contributed by atoms with Gasteiger partial charge in [0.1, 0.15) is 5.82 Å². The first kappa shape index (κ1) is 10.9. The monoisotopic (exact) mass is 225 g/mol. The fraction of sp³-hybridized carbons (Fsp3) is 0.600. The molecule has 0 aliphatic heterocycles. The molecule has 0 amide bonds. The fourth-order valence-corrected chi connectivity index (χ4v) is 1.87. The minimum atomic E-state index is -0.501. The van der Waals surface area contributed by atoms with Gasteiger partial charge in [0.05, 0.1) is 19.5 Å². The van der Waals surface area contributed by atoms with Crippen molar-refractivity contribution in [3.63, 3.8) is 0 Å². The first-order chi connectivity index (χ1) is 7.67. The molecule has 0 radical (unpaired) electrons. The highest BCUT2D eigenvalue weighted by Crippen LogP contribution is 2.36. The van der Waals surface area contributed by atoms with Crippen molar-refractivity contribution in [3.05, 3.63) is 12.0 Å². The Balaban J connectivity index is 2.12. The number of nitrogen functional groups attached to an aromatic ring is 1. The minimum absolute atomic E-state index is 0.184. The summed E-state index contributed by atoms with van der Waals surface area (Å²) in [5.41, 5.74) is 6.02. The Morgan fingerprint density at radius 1 is 1.56 bits per heavy atom. The van der Waals surface area contributed by atoms with Crippen molar-refractivity contribution in [1.29, 1.82) is 0 Å². The lowest BCUT2D eigenvalue weighted by Gasteiger charge is -2.35. The number of hydrogen-bond donors (Lipinski definition) is 1. The van der Waals surface area contributed by atoms with Crippen LogP contribution >= 0.6 is 0 Å². The van der Waals surface area contributed by atoms with Crippen LogP contribution in [0, 0.1) is 0 Å². The largest absolute Gasteiger partial charge is 0.464 e. The average molecular weight is 225 g/mol. The third kappa shape index (κ3) is 1.65. The van der Waals surface area contributed by atoms with Crippen molar-refractivity contribution < 1.29 is 14.3 Å². The number of imidazole rings is 1. The van der Waals surface area contributed by atoms with Gasteiger partial charge in [-0.2, -0.15) is 0 Å². The van der Waals surface area contributed by atoms with E-state index >= 15 is 0 Å². The van der Waals surface area contributed by atoms with E-state index in [0.717, 1.165) is 12.8 Å². The van der Waals surface area contributed by atoms with Gasteiger partial charge in [-0.05, 0) is 12.8 Å². The molecule has 2 rings (SSSR count). The second-order valence-corrected chi connectivity index (χ2v) is 3.86. The second-order valence-electron chi connectivity index (χ2n) is 3.86. The van der Waals surface area contributed by atoms with E-state index in [1.807, 2.05) is 4.57 Å². The van der Waals surface area contributed by atoms with Crippen LogP contribution in [0.4, 0.5) is 5.82 Å². The topological polar surface area (TPSA) is 79.4 Å². The van der Waals surface area contributed by atoms with Gasteiger partial charge in [-0.1, -0.05) is 0 Å². The molecule has 1 heterocycles. The lowest BCUT2D eigenvalue weighted by atomic mass is 9.89. The number of methoxy groups -OCH3 is 2. The van der Waals surface area contributed by atoms with E-state index in [1.165, 1.54) is 7.11 Å². The summed E-state index contributed by atoms with van der Waals surface area (Å²) < 4.78 is 11.6. The number of carbonyl (C=O) groups is 1. The summed E-state index contributed by atoms with van der Waals surface area (Å²) in [4.78, 5) is 15.3. The van der Waals surface area contributed by atoms with Gasteiger partial charge in [-0.15, -0.1) is 0 Å². The van der Waals surface area contributed by atoms with E-state index in [9.17, 15) is 4.79 Å². The van der Waals surface area contributed by atoms with Crippen LogP contribution in [0.2, 0.25) is 0 Å². The summed E-state index contributed by atoms with van der Waals surface area (Å²) in [5.74, 6) is -0.134. The Bertz CT molecular complexity index is 396. The predicted octanol–water partition coefficient (Wildman–Crippen LogP) is 0.602. The molecule has 0 saturated heterocycles. The van der Waals surface area contributed by atoms with Gasteiger partial charge in [0.25, 0.3) is 0 Å². The number of esters is 1. The third-order valence-electron chi connectivity index (χ3n) is 3.01. The molecule has 16 heavy (non-hydrogen) atoms. The van der Waals surface area contributed by atoms with Crippen LogP contribution in [0.1, 0.15) is 29.4 Å². The molecule has 1 aromatic rings. The first-order valence-corrected chi connectivity index (χ1v) is 5.10. The first-order valence-electron chi connectivity index (χ1n) is 5.10. The van der Waals surface area contributed by atoms with Crippen LogP contribution in [0.3, 0.4) is 0 Å². The SMILES string of the molecule is COC(=O)c1ncn(C2CC(OC)C2)c1N. The summed E-state index contributed by atoms with van der Waals surface area (Å²) >= 11 is 0. The van der Waals surface area contributed by atoms with Crippen molar-refractivity contribution in [2.75, 3.05) is 20.0 Å². The van der Waals surface area contributed by atoms with Crippen LogP contribution in [0.15, 0.2) is 6.33 Å². The number of nitrogens with zero attached hydrogens (tertiary/aromatic N) is 2. The third-order valence-corrected chi connectivity index (χ3v) is 3.01. The van der Waals surface area contributed by atoms with Gasteiger partial charge < -0.3 is 19.8 Å². The predicted molar refractivity (Wildman–Crippen MR) is 57.0 cm³/mol. The molecular formula is C10H15N3O3. The molecular weight excluding hydrogens is 210 g/mol. The molecule has 2 N–H and O–H groups in total. The number of hydrogen-bond acceptors (Lipinski definition) is 5. The number of anilines is 1. The van der Waals surface area contributed by atoms with Crippen LogP contribution in [-0.4, -0.2) is 35.8 Å². The van der Waals surface area contributed by atoms with Gasteiger partial charge in [0.15, 0.2) is 5.69 Å². The zero-order valence-electron chi connectivity index (χ0n) is 9.34. The van der Waals surface area contributed by atoms with E-state index in [-0.39, 0.29) is 17.8 Å². The Labute approximate surface area is 93.3 Å². The maximum absolute atomic E-state index is 11.3. The molecule has 0 spiro atoms. The zero-order chi connectivity index (χ0) is 11.7. The Hall–Kier alpha value is -1.56. The quantitative estimate of drug-likeness (QED) is 0.762. The van der Waals surface area contributed by atoms with Gasteiger partial charge in [-0.3, -0.25) is 0 Å². The highest BCUT2D eigenvalue weighted by Gasteiger charge is 2.32. The molecule has 1 saturated carbocycles. The van der Waals surface area contributed by atoms with Crippen molar-refractivity contribution in [3.8, 4) is 0 Å². The van der Waals surface area contributed by atoms with E-state index in [1.54, 1.807) is 13.4 Å². The van der Waals surface area contributed by atoms with Crippen LogP contribution in [0.5, 0.6) is 0 Å². The van der Waals surface area contributed by atoms with Crippen molar-refractivity contribution in [2.24, 2.45) is 0 Å². The van der Waals surface area contributed by atoms with E-state index in [4.69, 9.17) is 10.5 Å². The zero-order valence-corrected chi connectivity index (χ0v) is 9.34. The normalized spacial score (nSPS) is 23.9. The molecule has 6 heteroatoms. The van der Waals surface area contributed by atoms with Crippen molar-refractivity contribution >= 4 is 11.8 Å². The van der Waals surface area contributed by atoms with Gasteiger partial charge in [0, 0.05) is 13.2 Å². The van der Waals surface area contributed by atoms with Crippen molar-refractivity contribution in [2.45, 2.75) is 25.0 Å². The molecule has 0 aromatic carbocycles. The lowest BCUT2D eigenvalue weighted by Crippen LogP contribution is -2.32. The standard InChI is InChI=1S/C10H15N3O3/c1-15-7-3-6(4-7)13-5-12-8(9(13)11)10(14)16-2/h5-7H,3-4,11H2,1-2H3. The lowest BCUT2D eigenvalue weighted by molar-refractivity contribution is 0.00677. The van der Waals surface area contributed by atoms with E-state index in [0.29, 0.717) is 5.82 Å². The number of rotatable bonds is 3. The molecule has 0 unspecified atom stereocenters. The smallest absolute Gasteiger partial charge is 0.360 e. The van der Waals surface area contributed by atoms with Crippen LogP contribution in [0.25, 0.3) is 0 Å². The maximum atomic E-state index is 11.3. The fourth-order valence-electron chi connectivity index (χ4n) is 1.87. The van der Waals surface area contributed by atoms with Gasteiger partial charge >= 0.3 is 5.97 Å². The molecule has 6 nitrogen and oxygen atoms in total. The molecule has 1 aliphatic carbocycles. The van der Waals surface area contributed by atoms with E-state index in [2.05, 4.69) is 9.72 Å². The molecule has 1 aliphatic rings. The summed E-state index contributed by atoms with van der Waals surface area (Å²) in [6, 6.07) is 0.274. The summed E-state index contributed by atoms with van der Waals surface area (Å²) in [5, 5.41) is 0. The molecule has 1 fully saturated rings. The number of carbonyl (C=O) groups excluding carboxylic acids is 1. The van der Waals surface area contributed by atoms with Gasteiger partial charge in [-0.25, -0.2) is 9.78 Å². The summed E-state index contributed by atoms with van der Waals surface area (Å²) in [6.07, 6.45) is 3.67. The average Bonchev–Trinajstić information content (AvgIpc) is 2.59. The second kappa shape index (κ2) is 4.13. The summed E-state index contributed by atoms with van der Waals surface area (Å²) in [6.45, 7) is 0. The molecule has 88 valence electrons. The summed E-state index contributed by atoms with van der Waals surface area (Å²) in [7, 11) is 3.00. The van der Waals surface area contributed by atoms with E-state index < -0.39 is 5.97 Å². The van der Waals surface area contributed by atoms with Crippen molar-refractivity contribution in [1.82, 2.24) is 9.55 Å². The van der Waals surface area contributed by atoms with Crippen LogP contribution in [-0.2, 0) is 9.47 Å². The van der Waals surface area contributed by atoms with Crippen LogP contribution < -0.4 is 5.73 Å². The molecule has 0 atom stereocenters. The Morgan fingerprint density at radius 3 is 2.81 bits per heavy atom. The minimum Gasteiger partial charge on any atom is -0.464 e. The molecule has 0 bridgehead atoms. The number of ether oxygens (including phenoxy) is 2. The highest BCUT2D eigenvalue weighted by atomic mass is 16.5. The Kier molecular flexibility index (Phi) is 2.82. The Morgan fingerprint density at radius 2 is 2.25 bits per heavy atom. The number of nitrogens with two attached hydrogens (primary N) is 1.